The Morgan fingerprint density at radius 1 is 1.29 bits per heavy atom. The number of pyridine rings is 1. The second-order valence-electron chi connectivity index (χ2n) is 10.7. The number of hydrogen-bond donors (Lipinski definition) is 4. The third kappa shape index (κ3) is 7.81. The van der Waals surface area contributed by atoms with Crippen LogP contribution in [-0.2, 0) is 32.6 Å². The number of carbonyl (C=O) groups excluding carboxylic acids is 1. The van der Waals surface area contributed by atoms with E-state index < -0.39 is 41.7 Å². The predicted octanol–water partition coefficient (Wildman–Crippen LogP) is 2.48. The van der Waals surface area contributed by atoms with Crippen LogP contribution in [0.1, 0.15) is 55.3 Å². The number of carbonyl (C=O) groups is 2. The molecule has 1 amide bonds. The number of hydrogen-bond acceptors (Lipinski definition) is 8. The van der Waals surface area contributed by atoms with Crippen molar-refractivity contribution in [2.24, 2.45) is 0 Å². The molecule has 0 aromatic carbocycles. The van der Waals surface area contributed by atoms with E-state index in [-0.39, 0.29) is 17.1 Å². The van der Waals surface area contributed by atoms with Crippen molar-refractivity contribution in [1.82, 2.24) is 25.2 Å². The third-order valence-corrected chi connectivity index (χ3v) is 8.17. The molecule has 1 aliphatic carbocycles. The average molecular weight is 593 g/mol. The summed E-state index contributed by atoms with van der Waals surface area (Å²) in [6.07, 6.45) is 5.94. The summed E-state index contributed by atoms with van der Waals surface area (Å²) in [6.45, 7) is 1.47. The molecule has 0 bridgehead atoms. The van der Waals surface area contributed by atoms with Gasteiger partial charge in [-0.25, -0.2) is 19.2 Å². The SMILES string of the molecule is COC(CF)CN(CCCCc1ccc2c(n1)NCCC2)CCC(NC(=O)C1(c2c(Cl)nc[nH]c2=O)CC1)C(=O)O. The minimum atomic E-state index is -1.20. The van der Waals surface area contributed by atoms with Gasteiger partial charge < -0.3 is 30.4 Å². The molecule has 4 N–H and O–H groups in total. The molecular weight excluding hydrogens is 555 g/mol. The van der Waals surface area contributed by atoms with Crippen LogP contribution in [0.3, 0.4) is 0 Å². The number of aryl methyl sites for hydroxylation is 2. The van der Waals surface area contributed by atoms with Gasteiger partial charge in [-0.15, -0.1) is 0 Å². The predicted molar refractivity (Wildman–Crippen MR) is 152 cm³/mol. The van der Waals surface area contributed by atoms with Gasteiger partial charge in [-0.05, 0) is 69.5 Å². The molecule has 1 fully saturated rings. The maximum atomic E-state index is 13.5. The lowest BCUT2D eigenvalue weighted by atomic mass is 9.97. The number of alkyl halides is 1. The number of aromatic amines is 1. The summed E-state index contributed by atoms with van der Waals surface area (Å²) in [6, 6.07) is 2.99. The fourth-order valence-electron chi connectivity index (χ4n) is 5.29. The highest BCUT2D eigenvalue weighted by molar-refractivity contribution is 6.30. The minimum absolute atomic E-state index is 0.0556. The van der Waals surface area contributed by atoms with Crippen LogP contribution >= 0.6 is 11.6 Å². The van der Waals surface area contributed by atoms with Crippen molar-refractivity contribution < 1.29 is 23.8 Å². The zero-order valence-corrected chi connectivity index (χ0v) is 24.0. The molecule has 224 valence electrons. The van der Waals surface area contributed by atoms with Crippen molar-refractivity contribution in [3.05, 3.63) is 50.8 Å². The number of nitrogens with zero attached hydrogens (tertiary/aromatic N) is 3. The summed E-state index contributed by atoms with van der Waals surface area (Å²) >= 11 is 6.12. The molecule has 0 radical (unpaired) electrons. The largest absolute Gasteiger partial charge is 0.480 e. The molecule has 3 heterocycles. The van der Waals surface area contributed by atoms with Crippen molar-refractivity contribution in [2.45, 2.75) is 68.9 Å². The lowest BCUT2D eigenvalue weighted by molar-refractivity contribution is -0.142. The number of amides is 1. The lowest BCUT2D eigenvalue weighted by Crippen LogP contribution is -2.48. The number of methoxy groups -OCH3 is 1. The van der Waals surface area contributed by atoms with E-state index in [0.29, 0.717) is 32.5 Å². The maximum absolute atomic E-state index is 13.5. The molecule has 0 spiro atoms. The van der Waals surface area contributed by atoms with Gasteiger partial charge in [0.05, 0.1) is 23.4 Å². The molecule has 2 unspecified atom stereocenters. The topological polar surface area (TPSA) is 150 Å². The zero-order chi connectivity index (χ0) is 29.4. The Labute approximate surface area is 243 Å². The number of carboxylic acid groups (broad SMARTS) is 1. The number of carboxylic acids is 1. The number of fused-ring (bicyclic) bond motifs is 1. The number of unbranched alkanes of at least 4 members (excludes halogenated alkanes) is 1. The number of anilines is 1. The Morgan fingerprint density at radius 2 is 2.10 bits per heavy atom. The first-order chi connectivity index (χ1) is 19.8. The maximum Gasteiger partial charge on any atom is 0.326 e. The fraction of sp³-hybridized carbons (Fsp3) is 0.607. The van der Waals surface area contributed by atoms with E-state index in [4.69, 9.17) is 21.3 Å². The quantitative estimate of drug-likeness (QED) is 0.170. The van der Waals surface area contributed by atoms with Crippen LogP contribution in [0.15, 0.2) is 23.3 Å². The third-order valence-electron chi connectivity index (χ3n) is 7.88. The molecular formula is C28H38ClFN6O5. The second-order valence-corrected chi connectivity index (χ2v) is 11.1. The molecule has 0 saturated heterocycles. The van der Waals surface area contributed by atoms with Gasteiger partial charge in [-0.3, -0.25) is 9.59 Å². The molecule has 41 heavy (non-hydrogen) atoms. The average Bonchev–Trinajstić information content (AvgIpc) is 3.77. The summed E-state index contributed by atoms with van der Waals surface area (Å²) in [4.78, 5) is 50.7. The van der Waals surface area contributed by atoms with E-state index in [0.717, 1.165) is 56.5 Å². The van der Waals surface area contributed by atoms with Crippen LogP contribution in [0.25, 0.3) is 0 Å². The fourth-order valence-corrected chi connectivity index (χ4v) is 5.61. The van der Waals surface area contributed by atoms with Gasteiger partial charge in [0.1, 0.15) is 23.7 Å². The Hall–Kier alpha value is -3.09. The van der Waals surface area contributed by atoms with E-state index in [1.165, 1.54) is 12.7 Å². The Morgan fingerprint density at radius 3 is 2.78 bits per heavy atom. The van der Waals surface area contributed by atoms with E-state index in [1.54, 1.807) is 0 Å². The van der Waals surface area contributed by atoms with Crippen LogP contribution < -0.4 is 16.2 Å². The van der Waals surface area contributed by atoms with Gasteiger partial charge in [-0.1, -0.05) is 17.7 Å². The molecule has 2 aliphatic rings. The van der Waals surface area contributed by atoms with Crippen LogP contribution in [0.4, 0.5) is 10.2 Å². The Bertz CT molecular complexity index is 1270. The van der Waals surface area contributed by atoms with Gasteiger partial charge in [0.15, 0.2) is 0 Å². The number of nitrogens with one attached hydrogen (secondary N) is 3. The molecule has 2 atom stereocenters. The van der Waals surface area contributed by atoms with Crippen molar-refractivity contribution in [3.63, 3.8) is 0 Å². The summed E-state index contributed by atoms with van der Waals surface area (Å²) in [5, 5.41) is 15.7. The van der Waals surface area contributed by atoms with Crippen LogP contribution in [0, 0.1) is 0 Å². The highest BCUT2D eigenvalue weighted by Crippen LogP contribution is 2.48. The van der Waals surface area contributed by atoms with Crippen molar-refractivity contribution in [2.75, 3.05) is 45.3 Å². The summed E-state index contributed by atoms with van der Waals surface area (Å²) in [7, 11) is 1.44. The van der Waals surface area contributed by atoms with Crippen LogP contribution in [0.2, 0.25) is 5.15 Å². The van der Waals surface area contributed by atoms with E-state index in [2.05, 4.69) is 32.7 Å². The smallest absolute Gasteiger partial charge is 0.326 e. The van der Waals surface area contributed by atoms with E-state index >= 15 is 0 Å². The number of rotatable bonds is 16. The molecule has 11 nitrogen and oxygen atoms in total. The lowest BCUT2D eigenvalue weighted by Gasteiger charge is -2.27. The normalized spacial score (nSPS) is 16.9. The monoisotopic (exact) mass is 592 g/mol. The highest BCUT2D eigenvalue weighted by atomic mass is 35.5. The number of aromatic nitrogens is 3. The van der Waals surface area contributed by atoms with Crippen molar-refractivity contribution in [1.29, 1.82) is 0 Å². The summed E-state index contributed by atoms with van der Waals surface area (Å²) in [5.41, 5.74) is 0.598. The highest BCUT2D eigenvalue weighted by Gasteiger charge is 2.55. The first-order valence-corrected chi connectivity index (χ1v) is 14.5. The van der Waals surface area contributed by atoms with Gasteiger partial charge >= 0.3 is 5.97 Å². The van der Waals surface area contributed by atoms with Crippen LogP contribution in [-0.4, -0.2) is 88.9 Å². The number of ether oxygens (including phenoxy) is 1. The molecule has 1 aliphatic heterocycles. The number of H-pyrrole nitrogens is 1. The standard InChI is InChI=1S/C28H38ClFN6O5/c1-41-20(15-30)16-36(13-3-2-6-19-8-7-18-5-4-12-31-24(18)34-19)14-9-21(26(38)39)35-27(40)28(10-11-28)22-23(29)32-17-33-25(22)37/h7-8,17,20-21H,2-6,9-16H2,1H3,(H,31,34)(H,35,40)(H,38,39)(H,32,33,37). The minimum Gasteiger partial charge on any atom is -0.480 e. The van der Waals surface area contributed by atoms with Gasteiger partial charge in [0, 0.05) is 32.4 Å². The Balaban J connectivity index is 1.34. The van der Waals surface area contributed by atoms with Crippen molar-refractivity contribution >= 4 is 29.3 Å². The second kappa shape index (κ2) is 14.2. The van der Waals surface area contributed by atoms with Crippen LogP contribution in [0.5, 0.6) is 0 Å². The van der Waals surface area contributed by atoms with E-state index in [1.807, 2.05) is 4.90 Å². The zero-order valence-electron chi connectivity index (χ0n) is 23.3. The molecule has 2 aromatic heterocycles. The van der Waals surface area contributed by atoms with Gasteiger partial charge in [0.2, 0.25) is 5.91 Å². The molecule has 13 heteroatoms. The number of aliphatic carboxylic acids is 1. The van der Waals surface area contributed by atoms with E-state index in [9.17, 15) is 23.9 Å². The van der Waals surface area contributed by atoms with Crippen molar-refractivity contribution in [3.8, 4) is 0 Å². The van der Waals surface area contributed by atoms with Gasteiger partial charge in [0.25, 0.3) is 5.56 Å². The number of halogens is 2. The van der Waals surface area contributed by atoms with Gasteiger partial charge in [-0.2, -0.15) is 0 Å². The first-order valence-electron chi connectivity index (χ1n) is 14.1. The Kier molecular flexibility index (Phi) is 10.7. The molecule has 4 rings (SSSR count). The summed E-state index contributed by atoms with van der Waals surface area (Å²) in [5.74, 6) is -0.796. The first kappa shape index (κ1) is 30.9. The summed E-state index contributed by atoms with van der Waals surface area (Å²) < 4.78 is 18.7. The molecule has 1 saturated carbocycles. The molecule has 2 aromatic rings.